The molecule has 8 nitrogen and oxygen atoms in total. The molecule has 4 aromatic heterocycles. The molecule has 0 radical (unpaired) electrons. The first-order chi connectivity index (χ1) is 18.7. The number of ether oxygens (including phenoxy) is 1. The summed E-state index contributed by atoms with van der Waals surface area (Å²) in [6, 6.07) is 7.17. The Morgan fingerprint density at radius 3 is 2.69 bits per heavy atom. The molecular formula is C28H22Cl2N4O4S. The van der Waals surface area contributed by atoms with Gasteiger partial charge in [-0.25, -0.2) is 9.78 Å². The van der Waals surface area contributed by atoms with Crippen molar-refractivity contribution >= 4 is 61.6 Å². The summed E-state index contributed by atoms with van der Waals surface area (Å²) in [4.78, 5) is 38.8. The smallest absolute Gasteiger partial charge is 0.338 e. The number of fused-ring (bicyclic) bond motifs is 2. The third kappa shape index (κ3) is 4.64. The van der Waals surface area contributed by atoms with Gasteiger partial charge in [0.05, 0.1) is 38.4 Å². The average molecular weight is 581 g/mol. The second-order valence-corrected chi connectivity index (χ2v) is 11.3. The van der Waals surface area contributed by atoms with Crippen molar-refractivity contribution in [3.05, 3.63) is 79.0 Å². The first kappa shape index (κ1) is 25.7. The Morgan fingerprint density at radius 2 is 1.95 bits per heavy atom. The van der Waals surface area contributed by atoms with Crippen LogP contribution in [0.4, 0.5) is 0 Å². The molecule has 198 valence electrons. The van der Waals surface area contributed by atoms with Gasteiger partial charge < -0.3 is 9.84 Å². The van der Waals surface area contributed by atoms with Gasteiger partial charge >= 0.3 is 5.97 Å². The van der Waals surface area contributed by atoms with Crippen molar-refractivity contribution in [1.82, 2.24) is 19.5 Å². The molecule has 0 aliphatic heterocycles. The molecule has 6 rings (SSSR count). The van der Waals surface area contributed by atoms with Gasteiger partial charge in [-0.3, -0.25) is 19.3 Å². The summed E-state index contributed by atoms with van der Waals surface area (Å²) >= 11 is 14.1. The van der Waals surface area contributed by atoms with Crippen molar-refractivity contribution in [2.24, 2.45) is 0 Å². The molecule has 1 aromatic carbocycles. The highest BCUT2D eigenvalue weighted by Crippen LogP contribution is 2.42. The number of aromatic nitrogens is 4. The van der Waals surface area contributed by atoms with Gasteiger partial charge in [0.15, 0.2) is 0 Å². The summed E-state index contributed by atoms with van der Waals surface area (Å²) in [5.74, 6) is 0.411. The molecule has 0 unspecified atom stereocenters. The number of halogens is 2. The third-order valence-electron chi connectivity index (χ3n) is 6.81. The SMILES string of the molecule is Cc1cc(-c2cc(Cl)ccc2OCCn2c(C)nc3c(C4CC4)ncc(Cl)c3c2=O)c2scc(C(=O)O)c2n1. The van der Waals surface area contributed by atoms with E-state index in [1.807, 2.05) is 13.0 Å². The van der Waals surface area contributed by atoms with Crippen LogP contribution in [0.1, 0.15) is 46.3 Å². The molecule has 5 aromatic rings. The molecule has 11 heteroatoms. The van der Waals surface area contributed by atoms with Crippen LogP contribution in [0, 0.1) is 13.8 Å². The highest BCUT2D eigenvalue weighted by atomic mass is 35.5. The van der Waals surface area contributed by atoms with Gasteiger partial charge in [0.2, 0.25) is 0 Å². The lowest BCUT2D eigenvalue weighted by molar-refractivity contribution is 0.0699. The lowest BCUT2D eigenvalue weighted by Gasteiger charge is -2.16. The largest absolute Gasteiger partial charge is 0.491 e. The number of nitrogens with zero attached hydrogens (tertiary/aromatic N) is 4. The van der Waals surface area contributed by atoms with Crippen LogP contribution < -0.4 is 10.3 Å². The third-order valence-corrected chi connectivity index (χ3v) is 8.33. The van der Waals surface area contributed by atoms with E-state index in [4.69, 9.17) is 32.9 Å². The maximum atomic E-state index is 13.5. The first-order valence-electron chi connectivity index (χ1n) is 12.3. The van der Waals surface area contributed by atoms with E-state index < -0.39 is 5.97 Å². The summed E-state index contributed by atoms with van der Waals surface area (Å²) in [6.07, 6.45) is 3.61. The second kappa shape index (κ2) is 9.89. The van der Waals surface area contributed by atoms with Crippen molar-refractivity contribution in [2.45, 2.75) is 39.2 Å². The van der Waals surface area contributed by atoms with Gasteiger partial charge in [-0.05, 0) is 51.0 Å². The standard InChI is InChI=1S/C28H22Cl2N4O4S/c1-13-9-18(26-24(32-13)19(12-39-26)28(36)37)17-10-16(29)5-6-21(17)38-8-7-34-14(2)33-25-22(27(34)35)20(30)11-31-23(25)15-3-4-15/h5-6,9-12,15H,3-4,7-8H2,1-2H3,(H,36,37). The highest BCUT2D eigenvalue weighted by Gasteiger charge is 2.29. The van der Waals surface area contributed by atoms with E-state index in [-0.39, 0.29) is 29.3 Å². The Kier molecular flexibility index (Phi) is 6.53. The molecule has 39 heavy (non-hydrogen) atoms. The van der Waals surface area contributed by atoms with E-state index in [2.05, 4.69) is 9.97 Å². The number of carboxylic acid groups (broad SMARTS) is 1. The molecule has 1 saturated carbocycles. The minimum absolute atomic E-state index is 0.154. The van der Waals surface area contributed by atoms with E-state index in [1.165, 1.54) is 17.5 Å². The number of hydrogen-bond donors (Lipinski definition) is 1. The van der Waals surface area contributed by atoms with Gasteiger partial charge in [0.1, 0.15) is 23.7 Å². The number of thiophene rings is 1. The van der Waals surface area contributed by atoms with Crippen LogP contribution in [0.3, 0.4) is 0 Å². The predicted octanol–water partition coefficient (Wildman–Crippen LogP) is 6.65. The lowest BCUT2D eigenvalue weighted by Crippen LogP contribution is -2.27. The van der Waals surface area contributed by atoms with Gasteiger partial charge in [0, 0.05) is 39.3 Å². The molecule has 0 spiro atoms. The molecule has 1 aliphatic rings. The lowest BCUT2D eigenvalue weighted by atomic mass is 10.0. The number of hydrogen-bond acceptors (Lipinski definition) is 7. The predicted molar refractivity (Wildman–Crippen MR) is 153 cm³/mol. The van der Waals surface area contributed by atoms with Gasteiger partial charge in [-0.2, -0.15) is 0 Å². The molecule has 4 heterocycles. The first-order valence-corrected chi connectivity index (χ1v) is 14.0. The second-order valence-electron chi connectivity index (χ2n) is 9.54. The zero-order valence-corrected chi connectivity index (χ0v) is 23.3. The van der Waals surface area contributed by atoms with Crippen LogP contribution in [0.2, 0.25) is 10.0 Å². The molecule has 0 saturated heterocycles. The van der Waals surface area contributed by atoms with E-state index in [0.717, 1.165) is 28.8 Å². The van der Waals surface area contributed by atoms with Crippen LogP contribution in [0.5, 0.6) is 5.75 Å². The Balaban J connectivity index is 1.34. The molecule has 1 N–H and O–H groups in total. The minimum atomic E-state index is -1.03. The zero-order valence-electron chi connectivity index (χ0n) is 21.0. The summed E-state index contributed by atoms with van der Waals surface area (Å²) in [7, 11) is 0. The topological polar surface area (TPSA) is 107 Å². The van der Waals surface area contributed by atoms with Crippen molar-refractivity contribution in [1.29, 1.82) is 0 Å². The Bertz CT molecular complexity index is 1860. The fraction of sp³-hybridized carbons (Fsp3) is 0.250. The molecule has 0 amide bonds. The van der Waals surface area contributed by atoms with Gasteiger partial charge in [-0.15, -0.1) is 11.3 Å². The maximum Gasteiger partial charge on any atom is 0.338 e. The monoisotopic (exact) mass is 580 g/mol. The van der Waals surface area contributed by atoms with Crippen LogP contribution in [-0.2, 0) is 6.54 Å². The van der Waals surface area contributed by atoms with Crippen LogP contribution >= 0.6 is 34.5 Å². The van der Waals surface area contributed by atoms with Crippen molar-refractivity contribution in [3.63, 3.8) is 0 Å². The number of aryl methyl sites for hydroxylation is 2. The fourth-order valence-electron chi connectivity index (χ4n) is 4.81. The van der Waals surface area contributed by atoms with E-state index in [1.54, 1.807) is 35.1 Å². The van der Waals surface area contributed by atoms with E-state index in [0.29, 0.717) is 50.2 Å². The average Bonchev–Trinajstić information content (AvgIpc) is 3.64. The number of carbonyl (C=O) groups is 1. The van der Waals surface area contributed by atoms with Gasteiger partial charge in [0.25, 0.3) is 5.56 Å². The zero-order chi connectivity index (χ0) is 27.4. The van der Waals surface area contributed by atoms with Crippen LogP contribution in [0.25, 0.3) is 32.2 Å². The van der Waals surface area contributed by atoms with Gasteiger partial charge in [-0.1, -0.05) is 23.2 Å². The normalized spacial score (nSPS) is 13.3. The molecule has 0 atom stereocenters. The number of pyridine rings is 2. The Morgan fingerprint density at radius 1 is 1.15 bits per heavy atom. The van der Waals surface area contributed by atoms with Crippen LogP contribution in [-0.4, -0.2) is 37.2 Å². The van der Waals surface area contributed by atoms with Crippen molar-refractivity contribution < 1.29 is 14.6 Å². The minimum Gasteiger partial charge on any atom is -0.491 e. The Labute approximate surface area is 236 Å². The summed E-state index contributed by atoms with van der Waals surface area (Å²) in [6.45, 7) is 4.03. The van der Waals surface area contributed by atoms with Crippen molar-refractivity contribution in [3.8, 4) is 16.9 Å². The molecule has 1 fully saturated rings. The Hall–Kier alpha value is -3.53. The number of aromatic carboxylic acids is 1. The number of carboxylic acids is 1. The van der Waals surface area contributed by atoms with Crippen molar-refractivity contribution in [2.75, 3.05) is 6.61 Å². The molecular weight excluding hydrogens is 559 g/mol. The summed E-state index contributed by atoms with van der Waals surface area (Å²) in [5, 5.41) is 12.4. The van der Waals surface area contributed by atoms with E-state index in [9.17, 15) is 14.7 Å². The summed E-state index contributed by atoms with van der Waals surface area (Å²) in [5.41, 5.74) is 3.93. The molecule has 1 aliphatic carbocycles. The number of rotatable bonds is 7. The summed E-state index contributed by atoms with van der Waals surface area (Å²) < 4.78 is 8.48. The quantitative estimate of drug-likeness (QED) is 0.229. The van der Waals surface area contributed by atoms with E-state index >= 15 is 0 Å². The highest BCUT2D eigenvalue weighted by molar-refractivity contribution is 7.18. The van der Waals surface area contributed by atoms with Crippen LogP contribution in [0.15, 0.2) is 40.6 Å². The fourth-order valence-corrected chi connectivity index (χ4v) is 6.21. The molecule has 0 bridgehead atoms. The maximum absolute atomic E-state index is 13.5. The number of benzene rings is 1.